The summed E-state index contributed by atoms with van der Waals surface area (Å²) in [7, 11) is 0. The molecule has 1 N–H and O–H groups in total. The van der Waals surface area contributed by atoms with Gasteiger partial charge in [0.25, 0.3) is 0 Å². The number of rotatable bonds is 4. The molecule has 0 radical (unpaired) electrons. The summed E-state index contributed by atoms with van der Waals surface area (Å²) in [6.07, 6.45) is 7.33. The summed E-state index contributed by atoms with van der Waals surface area (Å²) in [5.41, 5.74) is 0. The third-order valence-corrected chi connectivity index (χ3v) is 6.05. The molecule has 0 bridgehead atoms. The van der Waals surface area contributed by atoms with Gasteiger partial charge in [0.2, 0.25) is 5.91 Å². The van der Waals surface area contributed by atoms with Crippen molar-refractivity contribution in [2.75, 3.05) is 0 Å². The minimum atomic E-state index is -0.0102. The van der Waals surface area contributed by atoms with Crippen LogP contribution in [0.15, 0.2) is 17.5 Å². The molecule has 0 spiro atoms. The van der Waals surface area contributed by atoms with Gasteiger partial charge in [-0.1, -0.05) is 45.6 Å². The van der Waals surface area contributed by atoms with Gasteiger partial charge >= 0.3 is 0 Å². The van der Waals surface area contributed by atoms with Crippen molar-refractivity contribution in [3.63, 3.8) is 0 Å². The van der Waals surface area contributed by atoms with Crippen LogP contribution in [0.3, 0.4) is 0 Å². The van der Waals surface area contributed by atoms with Crippen LogP contribution >= 0.6 is 11.3 Å². The van der Waals surface area contributed by atoms with Crippen molar-refractivity contribution < 1.29 is 4.79 Å². The molecule has 1 saturated heterocycles. The van der Waals surface area contributed by atoms with Crippen molar-refractivity contribution in [2.24, 2.45) is 5.92 Å². The maximum absolute atomic E-state index is 13.0. The molecule has 3 atom stereocenters. The fraction of sp³-hybridized carbons (Fsp3) is 0.706. The Hall–Kier alpha value is -0.870. The van der Waals surface area contributed by atoms with Crippen LogP contribution in [0.4, 0.5) is 0 Å². The van der Waals surface area contributed by atoms with Crippen molar-refractivity contribution in [1.82, 2.24) is 10.2 Å². The van der Waals surface area contributed by atoms with E-state index in [0.29, 0.717) is 17.9 Å². The largest absolute Gasteiger partial charge is 0.318 e. The highest BCUT2D eigenvalue weighted by atomic mass is 32.1. The molecule has 116 valence electrons. The van der Waals surface area contributed by atoms with E-state index in [1.54, 1.807) is 11.3 Å². The second-order valence-electron chi connectivity index (χ2n) is 6.49. The molecule has 1 aromatic rings. The van der Waals surface area contributed by atoms with Gasteiger partial charge in [-0.3, -0.25) is 10.1 Å². The average Bonchev–Trinajstić information content (AvgIpc) is 3.15. The van der Waals surface area contributed by atoms with Crippen LogP contribution in [0, 0.1) is 5.92 Å². The van der Waals surface area contributed by atoms with Gasteiger partial charge in [-0.2, -0.15) is 0 Å². The Bertz CT molecular complexity index is 467. The van der Waals surface area contributed by atoms with E-state index in [4.69, 9.17) is 0 Å². The lowest BCUT2D eigenvalue weighted by Gasteiger charge is -2.34. The zero-order valence-electron chi connectivity index (χ0n) is 13.0. The number of thiophene rings is 1. The quantitative estimate of drug-likeness (QED) is 0.914. The van der Waals surface area contributed by atoms with Gasteiger partial charge in [0, 0.05) is 10.9 Å². The zero-order valence-corrected chi connectivity index (χ0v) is 13.9. The highest BCUT2D eigenvalue weighted by Gasteiger charge is 2.45. The molecular weight excluding hydrogens is 280 g/mol. The molecule has 2 fully saturated rings. The summed E-state index contributed by atoms with van der Waals surface area (Å²) < 4.78 is 0. The van der Waals surface area contributed by atoms with Gasteiger partial charge < -0.3 is 4.90 Å². The van der Waals surface area contributed by atoms with E-state index >= 15 is 0 Å². The molecule has 3 unspecified atom stereocenters. The fourth-order valence-corrected chi connectivity index (χ4v) is 4.45. The number of nitrogens with zero attached hydrogens (tertiary/aromatic N) is 1. The maximum atomic E-state index is 13.0. The van der Waals surface area contributed by atoms with Crippen molar-refractivity contribution in [2.45, 2.75) is 70.6 Å². The first-order chi connectivity index (χ1) is 10.2. The van der Waals surface area contributed by atoms with Crippen molar-refractivity contribution in [3.05, 3.63) is 22.4 Å². The second-order valence-corrected chi connectivity index (χ2v) is 7.46. The summed E-state index contributed by atoms with van der Waals surface area (Å²) in [6.45, 7) is 4.36. The molecule has 0 aromatic carbocycles. The molecule has 1 amide bonds. The van der Waals surface area contributed by atoms with E-state index in [0.717, 1.165) is 6.42 Å². The van der Waals surface area contributed by atoms with Crippen LogP contribution in [0.25, 0.3) is 0 Å². The van der Waals surface area contributed by atoms with Gasteiger partial charge in [0.15, 0.2) is 0 Å². The number of hydrogen-bond acceptors (Lipinski definition) is 3. The fourth-order valence-electron chi connectivity index (χ4n) is 3.67. The topological polar surface area (TPSA) is 32.3 Å². The average molecular weight is 306 g/mol. The molecule has 1 saturated carbocycles. The normalized spacial score (nSPS) is 29.0. The third-order valence-electron chi connectivity index (χ3n) is 5.13. The van der Waals surface area contributed by atoms with E-state index in [1.807, 2.05) is 0 Å². The second kappa shape index (κ2) is 6.49. The van der Waals surface area contributed by atoms with Crippen LogP contribution in [0.1, 0.15) is 63.4 Å². The van der Waals surface area contributed by atoms with Gasteiger partial charge in [-0.05, 0) is 30.2 Å². The van der Waals surface area contributed by atoms with Crippen LogP contribution in [0.5, 0.6) is 0 Å². The van der Waals surface area contributed by atoms with Crippen LogP contribution in [0.2, 0.25) is 0 Å². The molecule has 1 aliphatic carbocycles. The zero-order chi connectivity index (χ0) is 14.8. The minimum Gasteiger partial charge on any atom is -0.318 e. The third kappa shape index (κ3) is 2.88. The van der Waals surface area contributed by atoms with Gasteiger partial charge in [-0.25, -0.2) is 0 Å². The molecule has 21 heavy (non-hydrogen) atoms. The summed E-state index contributed by atoms with van der Waals surface area (Å²) in [6, 6.07) is 4.66. The van der Waals surface area contributed by atoms with E-state index in [9.17, 15) is 4.79 Å². The summed E-state index contributed by atoms with van der Waals surface area (Å²) in [5.74, 6) is 0.725. The van der Waals surface area contributed by atoms with E-state index < -0.39 is 0 Å². The Morgan fingerprint density at radius 3 is 2.76 bits per heavy atom. The number of carbonyl (C=O) groups is 1. The first-order valence-electron chi connectivity index (χ1n) is 8.34. The monoisotopic (exact) mass is 306 g/mol. The minimum absolute atomic E-state index is 0.0102. The van der Waals surface area contributed by atoms with Gasteiger partial charge in [0.1, 0.15) is 6.17 Å². The van der Waals surface area contributed by atoms with E-state index in [2.05, 4.69) is 41.6 Å². The lowest BCUT2D eigenvalue weighted by molar-refractivity contribution is -0.133. The lowest BCUT2D eigenvalue weighted by atomic mass is 9.93. The Morgan fingerprint density at radius 1 is 1.38 bits per heavy atom. The highest BCUT2D eigenvalue weighted by molar-refractivity contribution is 7.10. The summed E-state index contributed by atoms with van der Waals surface area (Å²) in [4.78, 5) is 16.4. The molecule has 2 aliphatic rings. The summed E-state index contributed by atoms with van der Waals surface area (Å²) in [5, 5.41) is 5.74. The maximum Gasteiger partial charge on any atom is 0.241 e. The molecule has 3 rings (SSSR count). The van der Waals surface area contributed by atoms with Gasteiger partial charge in [-0.15, -0.1) is 11.3 Å². The Kier molecular flexibility index (Phi) is 4.65. The molecular formula is C17H26N2OS. The standard InChI is InChI=1S/C17H26N2OS/c1-3-12(2)15-17(20)19(13-8-5-4-6-9-13)16(18-15)14-10-7-11-21-14/h7,10-13,15-16,18H,3-6,8-9H2,1-2H3. The lowest BCUT2D eigenvalue weighted by Crippen LogP contribution is -2.41. The number of amides is 1. The van der Waals surface area contributed by atoms with Crippen molar-refractivity contribution in [1.29, 1.82) is 0 Å². The molecule has 2 heterocycles. The smallest absolute Gasteiger partial charge is 0.241 e. The molecule has 1 aliphatic heterocycles. The van der Waals surface area contributed by atoms with E-state index in [1.165, 1.54) is 37.0 Å². The number of hydrogen-bond donors (Lipinski definition) is 1. The molecule has 4 heteroatoms. The Morgan fingerprint density at radius 2 is 2.14 bits per heavy atom. The Labute approximate surface area is 131 Å². The Balaban J connectivity index is 1.86. The van der Waals surface area contributed by atoms with Crippen LogP contribution < -0.4 is 5.32 Å². The van der Waals surface area contributed by atoms with E-state index in [-0.39, 0.29) is 12.2 Å². The molecule has 1 aromatic heterocycles. The van der Waals surface area contributed by atoms with Crippen molar-refractivity contribution in [3.8, 4) is 0 Å². The van der Waals surface area contributed by atoms with Crippen molar-refractivity contribution >= 4 is 17.2 Å². The highest BCUT2D eigenvalue weighted by Crippen LogP contribution is 2.36. The van der Waals surface area contributed by atoms with Gasteiger partial charge in [0.05, 0.1) is 6.04 Å². The predicted molar refractivity (Wildman–Crippen MR) is 87.2 cm³/mol. The SMILES string of the molecule is CCC(C)C1NC(c2cccs2)N(C2CCCCC2)C1=O. The first-order valence-corrected chi connectivity index (χ1v) is 9.22. The number of carbonyl (C=O) groups excluding carboxylic acids is 1. The van der Waals surface area contributed by atoms with Crippen LogP contribution in [-0.4, -0.2) is 22.9 Å². The molecule has 3 nitrogen and oxygen atoms in total. The predicted octanol–water partition coefficient (Wildman–Crippen LogP) is 3.93. The summed E-state index contributed by atoms with van der Waals surface area (Å²) >= 11 is 1.75. The number of nitrogens with one attached hydrogen (secondary N) is 1. The first kappa shape index (κ1) is 15.0. The van der Waals surface area contributed by atoms with Crippen LogP contribution in [-0.2, 0) is 4.79 Å².